The van der Waals surface area contributed by atoms with Crippen molar-refractivity contribution in [1.29, 1.82) is 0 Å². The molecule has 42 heavy (non-hydrogen) atoms. The molecule has 0 bridgehead atoms. The van der Waals surface area contributed by atoms with Crippen molar-refractivity contribution in [3.05, 3.63) is 0 Å². The fraction of sp³-hybridized carbons (Fsp3) is 0.909. The van der Waals surface area contributed by atoms with Gasteiger partial charge in [-0.05, 0) is 19.3 Å². The van der Waals surface area contributed by atoms with Crippen LogP contribution in [0.3, 0.4) is 0 Å². The maximum Gasteiger partial charge on any atom is 0.309 e. The number of esters is 3. The lowest BCUT2D eigenvalue weighted by molar-refractivity contribution is -0.306. The third-order valence-electron chi connectivity index (χ3n) is 7.90. The average molecular weight is 603 g/mol. The van der Waals surface area contributed by atoms with Crippen LogP contribution in [0.15, 0.2) is 0 Å². The lowest BCUT2D eigenvalue weighted by atomic mass is 9.81. The van der Waals surface area contributed by atoms with Crippen LogP contribution in [0.4, 0.5) is 0 Å². The first-order valence-electron chi connectivity index (χ1n) is 16.7. The Morgan fingerprint density at radius 1 is 0.476 bits per heavy atom. The SMILES string of the molecule is CCCCCCCCC(=O)OCC(OC(=O)CCCCCCCC)(OC(=O)CCCCCCCC)C(CO)(CO)CO. The lowest BCUT2D eigenvalue weighted by Gasteiger charge is -2.44. The van der Waals surface area contributed by atoms with E-state index in [0.29, 0.717) is 19.3 Å². The summed E-state index contributed by atoms with van der Waals surface area (Å²) in [7, 11) is 0. The van der Waals surface area contributed by atoms with Crippen molar-refractivity contribution in [3.63, 3.8) is 0 Å². The number of hydrogen-bond acceptors (Lipinski definition) is 9. The molecule has 0 saturated carbocycles. The monoisotopic (exact) mass is 602 g/mol. The topological polar surface area (TPSA) is 140 Å². The molecule has 0 unspecified atom stereocenters. The van der Waals surface area contributed by atoms with Gasteiger partial charge in [-0.3, -0.25) is 14.4 Å². The van der Waals surface area contributed by atoms with Gasteiger partial charge in [-0.1, -0.05) is 117 Å². The highest BCUT2D eigenvalue weighted by molar-refractivity contribution is 5.73. The number of hydrogen-bond donors (Lipinski definition) is 3. The van der Waals surface area contributed by atoms with Gasteiger partial charge < -0.3 is 29.5 Å². The van der Waals surface area contributed by atoms with E-state index in [9.17, 15) is 29.7 Å². The van der Waals surface area contributed by atoms with Gasteiger partial charge in [0, 0.05) is 19.3 Å². The zero-order valence-corrected chi connectivity index (χ0v) is 27.0. The molecule has 0 heterocycles. The number of aliphatic hydroxyl groups excluding tert-OH is 3. The highest BCUT2D eigenvalue weighted by Crippen LogP contribution is 2.37. The highest BCUT2D eigenvalue weighted by atomic mass is 16.8. The van der Waals surface area contributed by atoms with Crippen molar-refractivity contribution in [2.45, 2.75) is 161 Å². The van der Waals surface area contributed by atoms with Gasteiger partial charge in [0.2, 0.25) is 0 Å². The van der Waals surface area contributed by atoms with Crippen molar-refractivity contribution in [2.24, 2.45) is 5.41 Å². The van der Waals surface area contributed by atoms with Gasteiger partial charge in [0.25, 0.3) is 0 Å². The summed E-state index contributed by atoms with van der Waals surface area (Å²) in [6.07, 6.45) is 17.3. The van der Waals surface area contributed by atoms with Crippen LogP contribution in [0.5, 0.6) is 0 Å². The molecule has 0 atom stereocenters. The van der Waals surface area contributed by atoms with Crippen LogP contribution in [0.25, 0.3) is 0 Å². The van der Waals surface area contributed by atoms with Crippen molar-refractivity contribution in [3.8, 4) is 0 Å². The van der Waals surface area contributed by atoms with E-state index in [-0.39, 0.29) is 19.3 Å². The standard InChI is InChI=1S/C33H62O9/c1-4-7-10-13-16-19-22-29(37)40-28-33(32(25-34,26-35)27-36,41-30(38)23-20-17-14-11-8-5-2)42-31(39)24-21-18-15-12-9-6-3/h34-36H,4-28H2,1-3H3. The van der Waals surface area contributed by atoms with Crippen LogP contribution in [-0.2, 0) is 28.6 Å². The van der Waals surface area contributed by atoms with E-state index >= 15 is 0 Å². The summed E-state index contributed by atoms with van der Waals surface area (Å²) in [6.45, 7) is 3.04. The largest absolute Gasteiger partial charge is 0.457 e. The Morgan fingerprint density at radius 3 is 1.12 bits per heavy atom. The molecule has 0 aromatic rings. The maximum atomic E-state index is 13.0. The second-order valence-corrected chi connectivity index (χ2v) is 11.7. The molecule has 0 saturated heterocycles. The van der Waals surface area contributed by atoms with Crippen LogP contribution in [0.2, 0.25) is 0 Å². The number of unbranched alkanes of at least 4 members (excludes halogenated alkanes) is 15. The molecule has 0 aliphatic rings. The van der Waals surface area contributed by atoms with Crippen molar-refractivity contribution >= 4 is 17.9 Å². The number of aliphatic hydroxyl groups is 3. The third kappa shape index (κ3) is 16.8. The van der Waals surface area contributed by atoms with E-state index < -0.39 is 55.5 Å². The van der Waals surface area contributed by atoms with Gasteiger partial charge in [-0.15, -0.1) is 0 Å². The number of rotatable bonds is 29. The molecule has 0 fully saturated rings. The predicted molar refractivity (Wildman–Crippen MR) is 164 cm³/mol. The summed E-state index contributed by atoms with van der Waals surface area (Å²) in [4.78, 5) is 38.7. The first-order chi connectivity index (χ1) is 20.3. The average Bonchev–Trinajstić information content (AvgIpc) is 2.98. The molecular weight excluding hydrogens is 540 g/mol. The Hall–Kier alpha value is -1.71. The Labute approximate surface area is 255 Å². The maximum absolute atomic E-state index is 13.0. The summed E-state index contributed by atoms with van der Waals surface area (Å²) in [5, 5.41) is 30.9. The summed E-state index contributed by atoms with van der Waals surface area (Å²) in [5.74, 6) is -4.38. The van der Waals surface area contributed by atoms with Gasteiger partial charge >= 0.3 is 23.7 Å². The Bertz CT molecular complexity index is 653. The normalized spacial score (nSPS) is 11.9. The summed E-state index contributed by atoms with van der Waals surface area (Å²) < 4.78 is 16.9. The molecular formula is C33H62O9. The van der Waals surface area contributed by atoms with Crippen LogP contribution < -0.4 is 0 Å². The lowest BCUT2D eigenvalue weighted by Crippen LogP contribution is -2.63. The number of ether oxygens (including phenoxy) is 3. The molecule has 248 valence electrons. The molecule has 9 nitrogen and oxygen atoms in total. The molecule has 0 spiro atoms. The predicted octanol–water partition coefficient (Wildman–Crippen LogP) is 6.53. The zero-order valence-electron chi connectivity index (χ0n) is 27.0. The molecule has 0 aliphatic carbocycles. The smallest absolute Gasteiger partial charge is 0.309 e. The minimum atomic E-state index is -2.37. The van der Waals surface area contributed by atoms with Gasteiger partial charge in [0.1, 0.15) is 5.41 Å². The molecule has 0 aromatic carbocycles. The van der Waals surface area contributed by atoms with E-state index in [1.54, 1.807) is 0 Å². The van der Waals surface area contributed by atoms with Crippen molar-refractivity contribution in [1.82, 2.24) is 0 Å². The Morgan fingerprint density at radius 2 is 0.786 bits per heavy atom. The first kappa shape index (κ1) is 40.3. The number of carbonyl (C=O) groups excluding carboxylic acids is 3. The van der Waals surface area contributed by atoms with Gasteiger partial charge in [-0.25, -0.2) is 0 Å². The van der Waals surface area contributed by atoms with Crippen LogP contribution in [-0.4, -0.2) is 65.4 Å². The fourth-order valence-electron chi connectivity index (χ4n) is 4.83. The first-order valence-corrected chi connectivity index (χ1v) is 16.7. The van der Waals surface area contributed by atoms with Gasteiger partial charge in [-0.2, -0.15) is 0 Å². The second kappa shape index (κ2) is 25.8. The van der Waals surface area contributed by atoms with E-state index in [1.165, 1.54) is 0 Å². The minimum Gasteiger partial charge on any atom is -0.457 e. The quantitative estimate of drug-likeness (QED) is 0.0495. The molecule has 9 heteroatoms. The summed E-state index contributed by atoms with van der Waals surface area (Å²) >= 11 is 0. The van der Waals surface area contributed by atoms with E-state index in [4.69, 9.17) is 14.2 Å². The zero-order chi connectivity index (χ0) is 31.5. The van der Waals surface area contributed by atoms with Crippen molar-refractivity contribution < 1.29 is 43.9 Å². The fourth-order valence-corrected chi connectivity index (χ4v) is 4.83. The van der Waals surface area contributed by atoms with E-state index in [1.807, 2.05) is 0 Å². The Balaban J connectivity index is 5.66. The van der Waals surface area contributed by atoms with E-state index in [2.05, 4.69) is 20.8 Å². The highest BCUT2D eigenvalue weighted by Gasteiger charge is 2.59. The van der Waals surface area contributed by atoms with Gasteiger partial charge in [0.15, 0.2) is 6.61 Å². The summed E-state index contributed by atoms with van der Waals surface area (Å²) in [5.41, 5.74) is -1.99. The Kier molecular flexibility index (Phi) is 24.7. The van der Waals surface area contributed by atoms with E-state index in [0.717, 1.165) is 96.3 Å². The molecule has 0 aromatic heterocycles. The molecule has 0 rings (SSSR count). The molecule has 3 N–H and O–H groups in total. The minimum absolute atomic E-state index is 0.0208. The molecule has 0 amide bonds. The third-order valence-corrected chi connectivity index (χ3v) is 7.90. The van der Waals surface area contributed by atoms with Crippen LogP contribution in [0.1, 0.15) is 156 Å². The van der Waals surface area contributed by atoms with Crippen LogP contribution >= 0.6 is 0 Å². The van der Waals surface area contributed by atoms with Gasteiger partial charge in [0.05, 0.1) is 19.8 Å². The second-order valence-electron chi connectivity index (χ2n) is 11.7. The van der Waals surface area contributed by atoms with Crippen molar-refractivity contribution in [2.75, 3.05) is 26.4 Å². The summed E-state index contributed by atoms with van der Waals surface area (Å²) in [6, 6.07) is 0. The van der Waals surface area contributed by atoms with Crippen LogP contribution in [0, 0.1) is 5.41 Å². The molecule has 0 aliphatic heterocycles. The molecule has 0 radical (unpaired) electrons. The number of carbonyl (C=O) groups is 3.